The highest BCUT2D eigenvalue weighted by Crippen LogP contribution is 2.33. The molecule has 5 nitrogen and oxygen atoms in total. The molecule has 1 aliphatic rings. The minimum Gasteiger partial charge on any atom is -0.387 e. The molecule has 1 heterocycles. The number of benzene rings is 1. The van der Waals surface area contributed by atoms with Gasteiger partial charge >= 0.3 is 6.18 Å². The average Bonchev–Trinajstić information content (AvgIpc) is 2.52. The van der Waals surface area contributed by atoms with Gasteiger partial charge in [0.2, 0.25) is 5.91 Å². The Morgan fingerprint density at radius 1 is 1.27 bits per heavy atom. The smallest absolute Gasteiger partial charge is 0.387 e. The third-order valence-corrected chi connectivity index (χ3v) is 3.55. The first-order valence-corrected chi connectivity index (χ1v) is 6.61. The molecular formula is C14H14F3N3O2. The van der Waals surface area contributed by atoms with Crippen molar-refractivity contribution >= 4 is 11.6 Å². The number of hydrogen-bond acceptors (Lipinski definition) is 4. The van der Waals surface area contributed by atoms with Gasteiger partial charge in [0.05, 0.1) is 16.8 Å². The minimum absolute atomic E-state index is 0.162. The monoisotopic (exact) mass is 313 g/mol. The minimum atomic E-state index is -4.47. The number of carbonyl (C=O) groups excluding carboxylic acids is 1. The van der Waals surface area contributed by atoms with Crippen molar-refractivity contribution in [3.63, 3.8) is 0 Å². The zero-order chi connectivity index (χ0) is 16.3. The fourth-order valence-electron chi connectivity index (χ4n) is 2.36. The van der Waals surface area contributed by atoms with E-state index in [0.717, 1.165) is 18.2 Å². The maximum Gasteiger partial charge on any atom is 0.416 e. The molecule has 2 rings (SSSR count). The van der Waals surface area contributed by atoms with Crippen LogP contribution in [0, 0.1) is 11.3 Å². The number of hydrogen-bond donors (Lipinski definition) is 1. The highest BCUT2D eigenvalue weighted by Gasteiger charge is 2.32. The lowest BCUT2D eigenvalue weighted by atomic mass is 10.1. The molecule has 1 N–H and O–H groups in total. The van der Waals surface area contributed by atoms with Crippen molar-refractivity contribution < 1.29 is 23.1 Å². The molecule has 22 heavy (non-hydrogen) atoms. The van der Waals surface area contributed by atoms with Gasteiger partial charge in [-0.25, -0.2) is 0 Å². The van der Waals surface area contributed by atoms with Gasteiger partial charge in [0.1, 0.15) is 12.7 Å². The van der Waals surface area contributed by atoms with Crippen LogP contribution in [0.25, 0.3) is 0 Å². The predicted molar refractivity (Wildman–Crippen MR) is 72.0 cm³/mol. The zero-order valence-electron chi connectivity index (χ0n) is 11.6. The number of halogens is 3. The van der Waals surface area contributed by atoms with Crippen molar-refractivity contribution in [2.75, 3.05) is 37.7 Å². The van der Waals surface area contributed by atoms with Crippen molar-refractivity contribution in [3.05, 3.63) is 29.3 Å². The molecule has 0 aliphatic carbocycles. The molecule has 1 aromatic carbocycles. The molecule has 1 aliphatic heterocycles. The van der Waals surface area contributed by atoms with Crippen LogP contribution in [0.3, 0.4) is 0 Å². The number of carbonyl (C=O) groups is 1. The number of nitriles is 1. The van der Waals surface area contributed by atoms with E-state index in [9.17, 15) is 18.0 Å². The van der Waals surface area contributed by atoms with Crippen LogP contribution in [0.4, 0.5) is 18.9 Å². The van der Waals surface area contributed by atoms with Crippen LogP contribution in [-0.4, -0.2) is 48.7 Å². The highest BCUT2D eigenvalue weighted by atomic mass is 19.4. The number of anilines is 1. The fourth-order valence-corrected chi connectivity index (χ4v) is 2.36. The van der Waals surface area contributed by atoms with E-state index < -0.39 is 24.3 Å². The Balaban J connectivity index is 2.22. The van der Waals surface area contributed by atoms with Gasteiger partial charge in [-0.3, -0.25) is 4.79 Å². The maximum absolute atomic E-state index is 12.8. The van der Waals surface area contributed by atoms with Gasteiger partial charge in [0.25, 0.3) is 0 Å². The summed E-state index contributed by atoms with van der Waals surface area (Å²) >= 11 is 0. The normalized spacial score (nSPS) is 15.6. The van der Waals surface area contributed by atoms with E-state index in [0.29, 0.717) is 26.2 Å². The Kier molecular flexibility index (Phi) is 4.56. The van der Waals surface area contributed by atoms with Gasteiger partial charge in [-0.2, -0.15) is 18.4 Å². The Bertz CT molecular complexity index is 602. The summed E-state index contributed by atoms with van der Waals surface area (Å²) in [6, 6.07) is 4.89. The molecular weight excluding hydrogens is 299 g/mol. The first kappa shape index (κ1) is 16.1. The number of piperazine rings is 1. The van der Waals surface area contributed by atoms with E-state index in [4.69, 9.17) is 10.4 Å². The molecule has 8 heteroatoms. The number of nitrogens with zero attached hydrogens (tertiary/aromatic N) is 3. The first-order valence-electron chi connectivity index (χ1n) is 6.61. The summed E-state index contributed by atoms with van der Waals surface area (Å²) < 4.78 is 38.4. The Morgan fingerprint density at radius 2 is 1.91 bits per heavy atom. The average molecular weight is 313 g/mol. The molecule has 1 amide bonds. The zero-order valence-corrected chi connectivity index (χ0v) is 11.6. The third kappa shape index (κ3) is 3.31. The van der Waals surface area contributed by atoms with Crippen molar-refractivity contribution in [1.82, 2.24) is 4.90 Å². The second-order valence-electron chi connectivity index (χ2n) is 4.87. The molecule has 1 saturated heterocycles. The van der Waals surface area contributed by atoms with Crippen LogP contribution in [-0.2, 0) is 11.0 Å². The summed E-state index contributed by atoms with van der Waals surface area (Å²) in [7, 11) is 0. The number of amides is 1. The van der Waals surface area contributed by atoms with E-state index in [-0.39, 0.29) is 11.3 Å². The molecule has 0 aromatic heterocycles. The van der Waals surface area contributed by atoms with E-state index >= 15 is 0 Å². The van der Waals surface area contributed by atoms with Gasteiger partial charge in [0.15, 0.2) is 0 Å². The number of alkyl halides is 3. The van der Waals surface area contributed by atoms with Crippen LogP contribution < -0.4 is 4.90 Å². The van der Waals surface area contributed by atoms with Crippen LogP contribution in [0.1, 0.15) is 11.1 Å². The Morgan fingerprint density at radius 3 is 2.41 bits per heavy atom. The topological polar surface area (TPSA) is 67.6 Å². The van der Waals surface area contributed by atoms with Gasteiger partial charge in [-0.1, -0.05) is 0 Å². The van der Waals surface area contributed by atoms with Crippen LogP contribution in [0.15, 0.2) is 18.2 Å². The fraction of sp³-hybridized carbons (Fsp3) is 0.429. The predicted octanol–water partition coefficient (Wildman–Crippen LogP) is 1.22. The molecule has 1 aromatic rings. The number of rotatable bonds is 2. The summed E-state index contributed by atoms with van der Waals surface area (Å²) in [5.74, 6) is -0.413. The van der Waals surface area contributed by atoms with Gasteiger partial charge in [-0.05, 0) is 18.2 Å². The van der Waals surface area contributed by atoms with E-state index in [1.807, 2.05) is 6.07 Å². The summed E-state index contributed by atoms with van der Waals surface area (Å²) in [5, 5.41) is 17.9. The second-order valence-corrected chi connectivity index (χ2v) is 4.87. The molecule has 118 valence electrons. The first-order chi connectivity index (χ1) is 10.4. The quantitative estimate of drug-likeness (QED) is 0.891. The summed E-state index contributed by atoms with van der Waals surface area (Å²) in [4.78, 5) is 14.5. The van der Waals surface area contributed by atoms with Gasteiger partial charge in [0, 0.05) is 26.2 Å². The summed E-state index contributed by atoms with van der Waals surface area (Å²) in [6.45, 7) is 0.609. The van der Waals surface area contributed by atoms with E-state index in [1.165, 1.54) is 4.90 Å². The van der Waals surface area contributed by atoms with E-state index in [1.54, 1.807) is 4.90 Å². The largest absolute Gasteiger partial charge is 0.416 e. The second kappa shape index (κ2) is 6.23. The van der Waals surface area contributed by atoms with Gasteiger partial charge in [-0.15, -0.1) is 0 Å². The standard InChI is InChI=1S/C14H14F3N3O2/c15-14(16,17)11-2-1-10(8-18)12(7-11)19-3-5-20(6-4-19)13(22)9-21/h1-2,7,21H,3-6,9H2. The molecule has 1 fully saturated rings. The van der Waals surface area contributed by atoms with Crippen molar-refractivity contribution in [2.24, 2.45) is 0 Å². The van der Waals surface area contributed by atoms with E-state index in [2.05, 4.69) is 0 Å². The van der Waals surface area contributed by atoms with Crippen LogP contribution >= 0.6 is 0 Å². The summed E-state index contributed by atoms with van der Waals surface area (Å²) in [6.07, 6.45) is -4.47. The van der Waals surface area contributed by atoms with Gasteiger partial charge < -0.3 is 14.9 Å². The van der Waals surface area contributed by atoms with Crippen LogP contribution in [0.5, 0.6) is 0 Å². The van der Waals surface area contributed by atoms with Crippen LogP contribution in [0.2, 0.25) is 0 Å². The van der Waals surface area contributed by atoms with Crippen molar-refractivity contribution in [2.45, 2.75) is 6.18 Å². The molecule has 0 spiro atoms. The maximum atomic E-state index is 12.8. The molecule has 0 unspecified atom stereocenters. The molecule has 0 radical (unpaired) electrons. The number of aliphatic hydroxyl groups is 1. The molecule has 0 atom stereocenters. The van der Waals surface area contributed by atoms with Crippen molar-refractivity contribution in [1.29, 1.82) is 5.26 Å². The number of aliphatic hydroxyl groups excluding tert-OH is 1. The summed E-state index contributed by atoms with van der Waals surface area (Å²) in [5.41, 5.74) is -0.432. The highest BCUT2D eigenvalue weighted by molar-refractivity contribution is 5.77. The molecule has 0 bridgehead atoms. The molecule has 0 saturated carbocycles. The Labute approximate surface area is 125 Å². The Hall–Kier alpha value is -2.27. The third-order valence-electron chi connectivity index (χ3n) is 3.55. The lowest BCUT2D eigenvalue weighted by molar-refractivity contribution is -0.137. The lowest BCUT2D eigenvalue weighted by Crippen LogP contribution is -2.49. The van der Waals surface area contributed by atoms with Crippen molar-refractivity contribution in [3.8, 4) is 6.07 Å². The lowest BCUT2D eigenvalue weighted by Gasteiger charge is -2.36. The SMILES string of the molecule is N#Cc1ccc(C(F)(F)F)cc1N1CCN(C(=O)CO)CC1.